The molecular weight excluding hydrogens is 270 g/mol. The topological polar surface area (TPSA) is 42.2 Å². The van der Waals surface area contributed by atoms with Gasteiger partial charge in [-0.05, 0) is 17.7 Å². The van der Waals surface area contributed by atoms with E-state index in [9.17, 15) is 4.79 Å². The summed E-state index contributed by atoms with van der Waals surface area (Å²) in [5.74, 6) is -0.856. The van der Waals surface area contributed by atoms with Crippen LogP contribution in [0.15, 0.2) is 42.5 Å². The Kier molecular flexibility index (Phi) is 2.35. The van der Waals surface area contributed by atoms with Crippen molar-refractivity contribution in [3.8, 4) is 11.3 Å². The number of hydrogen-bond acceptors (Lipinski definition) is 2. The van der Waals surface area contributed by atoms with Gasteiger partial charge in [-0.15, -0.1) is 11.3 Å². The molecule has 0 aliphatic carbocycles. The first-order chi connectivity index (χ1) is 9.74. The van der Waals surface area contributed by atoms with Crippen LogP contribution in [0.3, 0.4) is 0 Å². The van der Waals surface area contributed by atoms with Gasteiger partial charge in [0.25, 0.3) is 0 Å². The SMILES string of the molecule is O=C(O)c1cc2c(cc3n2CC=Cc2ccccc2-3)s1. The third-order valence-electron chi connectivity index (χ3n) is 3.62. The molecule has 2 aromatic heterocycles. The Morgan fingerprint density at radius 2 is 2.10 bits per heavy atom. The van der Waals surface area contributed by atoms with E-state index in [0.717, 1.165) is 22.5 Å². The molecule has 3 heterocycles. The van der Waals surface area contributed by atoms with Crippen molar-refractivity contribution >= 4 is 33.6 Å². The Labute approximate surface area is 119 Å². The van der Waals surface area contributed by atoms with Crippen LogP contribution in [-0.4, -0.2) is 15.6 Å². The summed E-state index contributed by atoms with van der Waals surface area (Å²) in [5.41, 5.74) is 4.56. The predicted molar refractivity (Wildman–Crippen MR) is 81.2 cm³/mol. The van der Waals surface area contributed by atoms with Gasteiger partial charge in [0, 0.05) is 12.1 Å². The molecular formula is C16H11NO2S. The molecule has 1 aliphatic rings. The van der Waals surface area contributed by atoms with Crippen LogP contribution >= 0.6 is 11.3 Å². The van der Waals surface area contributed by atoms with Crippen LogP contribution < -0.4 is 0 Å². The minimum atomic E-state index is -0.856. The Bertz CT molecular complexity index is 870. The first kappa shape index (κ1) is 11.5. The highest BCUT2D eigenvalue weighted by molar-refractivity contribution is 7.20. The number of carboxylic acid groups (broad SMARTS) is 1. The minimum Gasteiger partial charge on any atom is -0.477 e. The second-order valence-corrected chi connectivity index (χ2v) is 5.88. The molecule has 0 unspecified atom stereocenters. The van der Waals surface area contributed by atoms with Crippen molar-refractivity contribution in [2.24, 2.45) is 0 Å². The lowest BCUT2D eigenvalue weighted by atomic mass is 10.1. The van der Waals surface area contributed by atoms with Gasteiger partial charge in [-0.2, -0.15) is 0 Å². The average Bonchev–Trinajstić information content (AvgIpc) is 2.93. The summed E-state index contributed by atoms with van der Waals surface area (Å²) in [6, 6.07) is 12.1. The van der Waals surface area contributed by atoms with Gasteiger partial charge in [0.05, 0.1) is 15.9 Å². The first-order valence-corrected chi connectivity index (χ1v) is 7.18. The summed E-state index contributed by atoms with van der Waals surface area (Å²) < 4.78 is 3.21. The largest absolute Gasteiger partial charge is 0.477 e. The molecule has 4 heteroatoms. The highest BCUT2D eigenvalue weighted by Gasteiger charge is 2.18. The van der Waals surface area contributed by atoms with Crippen LogP contribution in [0.5, 0.6) is 0 Å². The lowest BCUT2D eigenvalue weighted by molar-refractivity contribution is 0.0702. The van der Waals surface area contributed by atoms with Gasteiger partial charge in [-0.1, -0.05) is 36.4 Å². The van der Waals surface area contributed by atoms with E-state index >= 15 is 0 Å². The van der Waals surface area contributed by atoms with Crippen LogP contribution in [0.4, 0.5) is 0 Å². The molecule has 0 saturated carbocycles. The molecule has 0 saturated heterocycles. The number of aromatic nitrogens is 1. The Hall–Kier alpha value is -2.33. The molecule has 1 N–H and O–H groups in total. The fraction of sp³-hybridized carbons (Fsp3) is 0.0625. The molecule has 0 fully saturated rings. The number of hydrogen-bond donors (Lipinski definition) is 1. The van der Waals surface area contributed by atoms with Crippen LogP contribution in [0, 0.1) is 0 Å². The molecule has 0 bridgehead atoms. The van der Waals surface area contributed by atoms with Gasteiger partial charge in [-0.3, -0.25) is 0 Å². The number of benzene rings is 1. The normalized spacial score (nSPS) is 13.0. The monoisotopic (exact) mass is 281 g/mol. The third-order valence-corrected chi connectivity index (χ3v) is 4.68. The molecule has 3 nitrogen and oxygen atoms in total. The van der Waals surface area contributed by atoms with Gasteiger partial charge in [0.2, 0.25) is 0 Å². The third kappa shape index (κ3) is 1.55. The standard InChI is InChI=1S/C16H11NO2S/c18-16(19)15-9-13-14(20-15)8-12-11-6-2-1-4-10(11)5-3-7-17(12)13/h1-6,8-9H,7H2,(H,18,19). The van der Waals surface area contributed by atoms with Crippen LogP contribution in [0.1, 0.15) is 15.2 Å². The maximum absolute atomic E-state index is 11.1. The molecule has 3 aromatic rings. The van der Waals surface area contributed by atoms with Crippen molar-refractivity contribution in [2.75, 3.05) is 0 Å². The zero-order valence-electron chi connectivity index (χ0n) is 10.5. The summed E-state index contributed by atoms with van der Waals surface area (Å²) in [7, 11) is 0. The molecule has 98 valence electrons. The second-order valence-electron chi connectivity index (χ2n) is 4.80. The highest BCUT2D eigenvalue weighted by Crippen LogP contribution is 2.36. The number of aromatic carboxylic acids is 1. The molecule has 1 aromatic carbocycles. The summed E-state index contributed by atoms with van der Waals surface area (Å²) in [6.07, 6.45) is 4.24. The number of allylic oxidation sites excluding steroid dienone is 1. The van der Waals surface area contributed by atoms with Crippen molar-refractivity contribution in [1.82, 2.24) is 4.57 Å². The quantitative estimate of drug-likeness (QED) is 0.729. The molecule has 0 atom stereocenters. The zero-order valence-corrected chi connectivity index (χ0v) is 11.4. The molecule has 1 aliphatic heterocycles. The van der Waals surface area contributed by atoms with E-state index in [0.29, 0.717) is 4.88 Å². The number of nitrogens with zero attached hydrogens (tertiary/aromatic N) is 1. The van der Waals surface area contributed by atoms with E-state index in [4.69, 9.17) is 5.11 Å². The highest BCUT2D eigenvalue weighted by atomic mass is 32.1. The number of thiophene rings is 1. The maximum atomic E-state index is 11.1. The summed E-state index contributed by atoms with van der Waals surface area (Å²) in [5, 5.41) is 9.11. The summed E-state index contributed by atoms with van der Waals surface area (Å²) in [6.45, 7) is 0.767. The Balaban J connectivity index is 2.02. The number of carboxylic acids is 1. The molecule has 4 rings (SSSR count). The molecule has 20 heavy (non-hydrogen) atoms. The van der Waals surface area contributed by atoms with Gasteiger partial charge in [0.15, 0.2) is 0 Å². The van der Waals surface area contributed by atoms with Crippen LogP contribution in [0.2, 0.25) is 0 Å². The van der Waals surface area contributed by atoms with Gasteiger partial charge in [-0.25, -0.2) is 4.79 Å². The lowest BCUT2D eigenvalue weighted by Crippen LogP contribution is -1.96. The number of fused-ring (bicyclic) bond motifs is 5. The van der Waals surface area contributed by atoms with E-state index in [2.05, 4.69) is 34.9 Å². The van der Waals surface area contributed by atoms with Crippen molar-refractivity contribution in [3.63, 3.8) is 0 Å². The van der Waals surface area contributed by atoms with Crippen molar-refractivity contribution in [1.29, 1.82) is 0 Å². The van der Waals surface area contributed by atoms with E-state index in [-0.39, 0.29) is 0 Å². The summed E-state index contributed by atoms with van der Waals surface area (Å²) in [4.78, 5) is 11.5. The van der Waals surface area contributed by atoms with Gasteiger partial charge < -0.3 is 9.67 Å². The minimum absolute atomic E-state index is 0.395. The fourth-order valence-electron chi connectivity index (χ4n) is 2.73. The smallest absolute Gasteiger partial charge is 0.345 e. The predicted octanol–water partition coefficient (Wildman–Crippen LogP) is 4.09. The maximum Gasteiger partial charge on any atom is 0.345 e. The fourth-order valence-corrected chi connectivity index (χ4v) is 3.67. The van der Waals surface area contributed by atoms with Crippen LogP contribution in [0.25, 0.3) is 27.6 Å². The lowest BCUT2D eigenvalue weighted by Gasteiger charge is -2.07. The van der Waals surface area contributed by atoms with E-state index in [1.165, 1.54) is 22.5 Å². The molecule has 0 radical (unpaired) electrons. The first-order valence-electron chi connectivity index (χ1n) is 6.36. The van der Waals surface area contributed by atoms with Crippen molar-refractivity contribution in [3.05, 3.63) is 52.9 Å². The average molecular weight is 281 g/mol. The Morgan fingerprint density at radius 1 is 1.25 bits per heavy atom. The van der Waals surface area contributed by atoms with Crippen LogP contribution in [-0.2, 0) is 6.54 Å². The second kappa shape index (κ2) is 4.08. The van der Waals surface area contributed by atoms with Gasteiger partial charge in [0.1, 0.15) is 4.88 Å². The van der Waals surface area contributed by atoms with Gasteiger partial charge >= 0.3 is 5.97 Å². The van der Waals surface area contributed by atoms with Crippen molar-refractivity contribution < 1.29 is 9.90 Å². The Morgan fingerprint density at radius 3 is 2.95 bits per heavy atom. The van der Waals surface area contributed by atoms with E-state index in [1.807, 2.05) is 12.1 Å². The molecule has 0 amide bonds. The summed E-state index contributed by atoms with van der Waals surface area (Å²) >= 11 is 1.34. The number of carbonyl (C=O) groups is 1. The van der Waals surface area contributed by atoms with E-state index in [1.54, 1.807) is 6.07 Å². The van der Waals surface area contributed by atoms with Crippen molar-refractivity contribution in [2.45, 2.75) is 6.54 Å². The molecule has 0 spiro atoms. The van der Waals surface area contributed by atoms with E-state index < -0.39 is 5.97 Å². The number of rotatable bonds is 1. The zero-order chi connectivity index (χ0) is 13.7.